The quantitative estimate of drug-likeness (QED) is 0.859. The van der Waals surface area contributed by atoms with E-state index in [4.69, 9.17) is 4.74 Å². The van der Waals surface area contributed by atoms with Gasteiger partial charge in [0.25, 0.3) is 0 Å². The van der Waals surface area contributed by atoms with E-state index < -0.39 is 0 Å². The molecule has 18 heavy (non-hydrogen) atoms. The molecule has 2 heterocycles. The lowest BCUT2D eigenvalue weighted by Crippen LogP contribution is -2.53. The Kier molecular flexibility index (Phi) is 3.94. The van der Waals surface area contributed by atoms with Crippen molar-refractivity contribution in [2.75, 3.05) is 19.7 Å². The van der Waals surface area contributed by atoms with Crippen LogP contribution in [0.3, 0.4) is 0 Å². The molecule has 0 radical (unpaired) electrons. The number of aliphatic hydroxyl groups excluding tert-OH is 1. The van der Waals surface area contributed by atoms with E-state index >= 15 is 0 Å². The lowest BCUT2D eigenvalue weighted by atomic mass is 10.1. The predicted molar refractivity (Wildman–Crippen MR) is 68.1 cm³/mol. The number of rotatable bonds is 3. The molecular weight excluding hydrogens is 230 g/mol. The normalized spacial score (nSPS) is 24.1. The van der Waals surface area contributed by atoms with Gasteiger partial charge in [-0.15, -0.1) is 0 Å². The van der Waals surface area contributed by atoms with E-state index in [1.165, 1.54) is 0 Å². The first-order valence-corrected chi connectivity index (χ1v) is 6.27. The number of aliphatic hydroxyl groups is 1. The molecule has 0 saturated carbocycles. The van der Waals surface area contributed by atoms with Crippen molar-refractivity contribution >= 4 is 0 Å². The predicted octanol–water partition coefficient (Wildman–Crippen LogP) is 0.757. The van der Waals surface area contributed by atoms with Gasteiger partial charge < -0.3 is 9.84 Å². The highest BCUT2D eigenvalue weighted by molar-refractivity contribution is 5.01. The van der Waals surface area contributed by atoms with Crippen molar-refractivity contribution in [1.82, 2.24) is 14.9 Å². The van der Waals surface area contributed by atoms with Crippen LogP contribution in [-0.4, -0.2) is 51.4 Å². The molecule has 1 unspecified atom stereocenters. The van der Waals surface area contributed by atoms with Crippen LogP contribution in [0.25, 0.3) is 0 Å². The monoisotopic (exact) mass is 251 g/mol. The maximum absolute atomic E-state index is 9.26. The van der Waals surface area contributed by atoms with Crippen molar-refractivity contribution in [2.45, 2.75) is 39.0 Å². The fourth-order valence-electron chi connectivity index (χ4n) is 2.36. The first-order chi connectivity index (χ1) is 8.48. The number of hydrogen-bond donors (Lipinski definition) is 1. The van der Waals surface area contributed by atoms with E-state index in [1.807, 2.05) is 27.0 Å². The average Bonchev–Trinajstić information content (AvgIpc) is 2.30. The van der Waals surface area contributed by atoms with Gasteiger partial charge in [-0.05, 0) is 20.8 Å². The molecule has 5 nitrogen and oxygen atoms in total. The molecule has 5 heteroatoms. The lowest BCUT2D eigenvalue weighted by Gasteiger charge is -2.42. The molecule has 1 atom stereocenters. The van der Waals surface area contributed by atoms with Crippen LogP contribution in [0.15, 0.2) is 12.4 Å². The minimum atomic E-state index is -0.232. The number of ether oxygens (including phenoxy) is 1. The highest BCUT2D eigenvalue weighted by Gasteiger charge is 2.33. The number of morpholine rings is 1. The van der Waals surface area contributed by atoms with Gasteiger partial charge in [0.15, 0.2) is 0 Å². The maximum atomic E-state index is 9.26. The average molecular weight is 251 g/mol. The first kappa shape index (κ1) is 13.4. The Labute approximate surface area is 108 Å². The zero-order chi connectivity index (χ0) is 13.2. The van der Waals surface area contributed by atoms with Crippen LogP contribution in [0.1, 0.15) is 25.2 Å². The third kappa shape index (κ3) is 3.48. The molecule has 1 aromatic rings. The zero-order valence-corrected chi connectivity index (χ0v) is 11.3. The summed E-state index contributed by atoms with van der Waals surface area (Å²) in [6.07, 6.45) is 3.48. The van der Waals surface area contributed by atoms with Gasteiger partial charge >= 0.3 is 0 Å². The number of aryl methyl sites for hydroxylation is 1. The van der Waals surface area contributed by atoms with Gasteiger partial charge in [0.2, 0.25) is 0 Å². The maximum Gasteiger partial charge on any atom is 0.0940 e. The number of nitrogens with zero attached hydrogens (tertiary/aromatic N) is 3. The van der Waals surface area contributed by atoms with E-state index in [0.29, 0.717) is 0 Å². The summed E-state index contributed by atoms with van der Waals surface area (Å²) in [7, 11) is 0. The van der Waals surface area contributed by atoms with Crippen LogP contribution in [0.5, 0.6) is 0 Å². The summed E-state index contributed by atoms with van der Waals surface area (Å²) >= 11 is 0. The van der Waals surface area contributed by atoms with Gasteiger partial charge in [0.05, 0.1) is 29.7 Å². The SMILES string of the molecule is Cc1cnc(CN2CC(CO)OC(C)(C)C2)cn1. The van der Waals surface area contributed by atoms with Gasteiger partial charge in [0, 0.05) is 32.0 Å². The van der Waals surface area contributed by atoms with Crippen molar-refractivity contribution in [3.05, 3.63) is 23.8 Å². The summed E-state index contributed by atoms with van der Waals surface area (Å²) in [6.45, 7) is 8.38. The second-order valence-electron chi connectivity index (χ2n) is 5.50. The molecule has 1 N–H and O–H groups in total. The molecule has 1 aliphatic rings. The fraction of sp³-hybridized carbons (Fsp3) is 0.692. The Morgan fingerprint density at radius 2 is 2.22 bits per heavy atom. The standard InChI is InChI=1S/C13H21N3O2/c1-10-4-15-11(5-14-10)6-16-7-12(8-17)18-13(2,3)9-16/h4-5,12,17H,6-9H2,1-3H3. The number of hydrogen-bond acceptors (Lipinski definition) is 5. The van der Waals surface area contributed by atoms with E-state index in [-0.39, 0.29) is 18.3 Å². The van der Waals surface area contributed by atoms with Crippen LogP contribution < -0.4 is 0 Å². The molecule has 1 saturated heterocycles. The zero-order valence-electron chi connectivity index (χ0n) is 11.3. The van der Waals surface area contributed by atoms with E-state index in [1.54, 1.807) is 6.20 Å². The summed E-state index contributed by atoms with van der Waals surface area (Å²) in [6, 6.07) is 0. The molecule has 0 aliphatic carbocycles. The Morgan fingerprint density at radius 3 is 2.83 bits per heavy atom. The Morgan fingerprint density at radius 1 is 1.44 bits per heavy atom. The van der Waals surface area contributed by atoms with Crippen molar-refractivity contribution < 1.29 is 9.84 Å². The first-order valence-electron chi connectivity index (χ1n) is 6.27. The molecule has 2 rings (SSSR count). The van der Waals surface area contributed by atoms with Crippen molar-refractivity contribution in [2.24, 2.45) is 0 Å². The van der Waals surface area contributed by atoms with E-state index in [0.717, 1.165) is 31.0 Å². The highest BCUT2D eigenvalue weighted by atomic mass is 16.5. The Bertz CT molecular complexity index is 392. The van der Waals surface area contributed by atoms with E-state index in [9.17, 15) is 5.11 Å². The van der Waals surface area contributed by atoms with Gasteiger partial charge in [0.1, 0.15) is 0 Å². The minimum Gasteiger partial charge on any atom is -0.394 e. The molecule has 100 valence electrons. The lowest BCUT2D eigenvalue weighted by molar-refractivity contribution is -0.150. The van der Waals surface area contributed by atoms with Gasteiger partial charge in [-0.2, -0.15) is 0 Å². The Balaban J connectivity index is 2.02. The van der Waals surface area contributed by atoms with Crippen LogP contribution in [0.2, 0.25) is 0 Å². The van der Waals surface area contributed by atoms with E-state index in [2.05, 4.69) is 14.9 Å². The molecule has 0 spiro atoms. The van der Waals surface area contributed by atoms with Gasteiger partial charge in [-0.3, -0.25) is 14.9 Å². The Hall–Kier alpha value is -1.04. The summed E-state index contributed by atoms with van der Waals surface area (Å²) in [5.41, 5.74) is 1.65. The van der Waals surface area contributed by atoms with Crippen molar-refractivity contribution in [3.63, 3.8) is 0 Å². The van der Waals surface area contributed by atoms with Gasteiger partial charge in [-0.1, -0.05) is 0 Å². The topological polar surface area (TPSA) is 58.5 Å². The fourth-order valence-corrected chi connectivity index (χ4v) is 2.36. The smallest absolute Gasteiger partial charge is 0.0940 e. The van der Waals surface area contributed by atoms with Gasteiger partial charge in [-0.25, -0.2) is 0 Å². The summed E-state index contributed by atoms with van der Waals surface area (Å²) in [5, 5.41) is 9.26. The third-order valence-corrected chi connectivity index (χ3v) is 2.98. The van der Waals surface area contributed by atoms with Crippen molar-refractivity contribution in [1.29, 1.82) is 0 Å². The highest BCUT2D eigenvalue weighted by Crippen LogP contribution is 2.21. The van der Waals surface area contributed by atoms with Crippen molar-refractivity contribution in [3.8, 4) is 0 Å². The molecule has 1 aromatic heterocycles. The molecule has 0 aromatic carbocycles. The largest absolute Gasteiger partial charge is 0.394 e. The van der Waals surface area contributed by atoms with Crippen LogP contribution in [0, 0.1) is 6.92 Å². The number of aromatic nitrogens is 2. The molecule has 0 bridgehead atoms. The minimum absolute atomic E-state index is 0.0551. The summed E-state index contributed by atoms with van der Waals surface area (Å²) in [4.78, 5) is 10.9. The molecule has 1 fully saturated rings. The molecule has 0 amide bonds. The molecule has 1 aliphatic heterocycles. The summed E-state index contributed by atoms with van der Waals surface area (Å²) < 4.78 is 5.78. The molecular formula is C13H21N3O2. The third-order valence-electron chi connectivity index (χ3n) is 2.98. The second kappa shape index (κ2) is 5.30. The summed E-state index contributed by atoms with van der Waals surface area (Å²) in [5.74, 6) is 0. The second-order valence-corrected chi connectivity index (χ2v) is 5.50. The van der Waals surface area contributed by atoms with Crippen LogP contribution in [0.4, 0.5) is 0 Å². The van der Waals surface area contributed by atoms with Crippen LogP contribution in [-0.2, 0) is 11.3 Å². The van der Waals surface area contributed by atoms with Crippen LogP contribution >= 0.6 is 0 Å².